The summed E-state index contributed by atoms with van der Waals surface area (Å²) in [5.41, 5.74) is 2.26. The topological polar surface area (TPSA) is 105 Å². The van der Waals surface area contributed by atoms with E-state index < -0.39 is 27.4 Å². The van der Waals surface area contributed by atoms with Gasteiger partial charge >= 0.3 is 12.1 Å². The smallest absolute Gasteiger partial charge is 0.409 e. The number of anilines is 1. The summed E-state index contributed by atoms with van der Waals surface area (Å²) in [6, 6.07) is 2.76. The Hall–Kier alpha value is -2.00. The molecule has 3 amide bonds. The van der Waals surface area contributed by atoms with Crippen LogP contribution in [0.4, 0.5) is 15.3 Å². The van der Waals surface area contributed by atoms with Crippen molar-refractivity contribution in [1.29, 1.82) is 0 Å². The average Bonchev–Trinajstić information content (AvgIpc) is 2.67. The van der Waals surface area contributed by atoms with Crippen molar-refractivity contribution < 1.29 is 22.7 Å². The third-order valence-corrected chi connectivity index (χ3v) is 7.23. The summed E-state index contributed by atoms with van der Waals surface area (Å²) < 4.78 is 32.2. The van der Waals surface area contributed by atoms with Crippen LogP contribution in [0.25, 0.3) is 0 Å². The number of carbonyl (C=O) groups excluding carboxylic acids is 2. The molecule has 1 aromatic rings. The number of carbonyl (C=O) groups is 2. The molecule has 2 N–H and O–H groups in total. The van der Waals surface area contributed by atoms with Gasteiger partial charge in [0, 0.05) is 23.8 Å². The SMILES string of the molecule is COC(=O)N1CCC(S(=O)(=O)NC(=O)Nc2c(C(C)C)cc(Cl)cc2C(C)C)CC1. The number of ether oxygens (including phenoxy) is 1. The molecule has 0 aromatic heterocycles. The Bertz CT molecular complexity index is 865. The predicted molar refractivity (Wildman–Crippen MR) is 118 cm³/mol. The largest absolute Gasteiger partial charge is 0.453 e. The van der Waals surface area contributed by atoms with E-state index >= 15 is 0 Å². The van der Waals surface area contributed by atoms with Gasteiger partial charge in [0.05, 0.1) is 12.4 Å². The Kier molecular flexibility index (Phi) is 7.99. The van der Waals surface area contributed by atoms with Crippen LogP contribution in [-0.4, -0.2) is 50.9 Å². The highest BCUT2D eigenvalue weighted by Crippen LogP contribution is 2.35. The maximum absolute atomic E-state index is 12.7. The first kappa shape index (κ1) is 24.3. The minimum absolute atomic E-state index is 0.0794. The molecule has 1 fully saturated rings. The normalized spacial score (nSPS) is 15.4. The van der Waals surface area contributed by atoms with Gasteiger partial charge < -0.3 is 15.0 Å². The number of halogens is 1. The van der Waals surface area contributed by atoms with Gasteiger partial charge in [-0.05, 0) is 47.9 Å². The number of rotatable bonds is 5. The van der Waals surface area contributed by atoms with Gasteiger partial charge in [-0.15, -0.1) is 0 Å². The van der Waals surface area contributed by atoms with Gasteiger partial charge in [0.15, 0.2) is 0 Å². The van der Waals surface area contributed by atoms with Crippen molar-refractivity contribution in [3.63, 3.8) is 0 Å². The fourth-order valence-corrected chi connectivity index (χ4v) is 5.08. The van der Waals surface area contributed by atoms with E-state index in [2.05, 4.69) is 14.8 Å². The standard InChI is InChI=1S/C20H30ClN3O5S/c1-12(2)16-10-14(21)11-17(13(3)4)18(16)22-19(25)23-30(27,28)15-6-8-24(9-7-15)20(26)29-5/h10-13,15H,6-9H2,1-5H3,(H2,22,23,25). The Morgan fingerprint density at radius 3 is 2.03 bits per heavy atom. The predicted octanol–water partition coefficient (Wildman–Crippen LogP) is 4.27. The van der Waals surface area contributed by atoms with Gasteiger partial charge in [0.2, 0.25) is 10.0 Å². The summed E-state index contributed by atoms with van der Waals surface area (Å²) in [6.45, 7) is 8.42. The van der Waals surface area contributed by atoms with Crippen molar-refractivity contribution >= 4 is 39.4 Å². The number of urea groups is 1. The Morgan fingerprint density at radius 2 is 1.60 bits per heavy atom. The number of nitrogens with zero attached hydrogens (tertiary/aromatic N) is 1. The van der Waals surface area contributed by atoms with Gasteiger partial charge in [0.25, 0.3) is 0 Å². The zero-order valence-electron chi connectivity index (χ0n) is 18.0. The first-order valence-corrected chi connectivity index (χ1v) is 11.9. The van der Waals surface area contributed by atoms with E-state index in [0.717, 1.165) is 11.1 Å². The third kappa shape index (κ3) is 5.78. The molecule has 8 nitrogen and oxygen atoms in total. The molecule has 30 heavy (non-hydrogen) atoms. The minimum Gasteiger partial charge on any atom is -0.453 e. The number of hydrogen-bond acceptors (Lipinski definition) is 5. The zero-order chi connectivity index (χ0) is 22.6. The molecule has 10 heteroatoms. The Labute approximate surface area is 183 Å². The molecule has 1 heterocycles. The van der Waals surface area contributed by atoms with Crippen molar-refractivity contribution in [2.45, 2.75) is 57.6 Å². The molecule has 1 aliphatic heterocycles. The molecule has 0 bridgehead atoms. The quantitative estimate of drug-likeness (QED) is 0.684. The second-order valence-corrected chi connectivity index (χ2v) is 10.4. The van der Waals surface area contributed by atoms with Gasteiger partial charge in [0.1, 0.15) is 0 Å². The number of likely N-dealkylation sites (tertiary alicyclic amines) is 1. The number of hydrogen-bond donors (Lipinski definition) is 2. The molecular weight excluding hydrogens is 430 g/mol. The molecule has 0 aliphatic carbocycles. The molecule has 0 atom stereocenters. The molecule has 1 aromatic carbocycles. The monoisotopic (exact) mass is 459 g/mol. The van der Waals surface area contributed by atoms with Gasteiger partial charge in [-0.3, -0.25) is 0 Å². The molecule has 0 radical (unpaired) electrons. The van der Waals surface area contributed by atoms with Crippen LogP contribution in [0.5, 0.6) is 0 Å². The number of sulfonamides is 1. The minimum atomic E-state index is -3.90. The molecule has 1 saturated heterocycles. The van der Waals surface area contributed by atoms with Crippen LogP contribution in [0.3, 0.4) is 0 Å². The van der Waals surface area contributed by atoms with Crippen LogP contribution < -0.4 is 10.0 Å². The number of benzene rings is 1. The van der Waals surface area contributed by atoms with E-state index in [9.17, 15) is 18.0 Å². The highest BCUT2D eigenvalue weighted by Gasteiger charge is 2.33. The van der Waals surface area contributed by atoms with Gasteiger partial charge in [-0.25, -0.2) is 22.7 Å². The van der Waals surface area contributed by atoms with Crippen LogP contribution in [0, 0.1) is 0 Å². The number of amides is 3. The van der Waals surface area contributed by atoms with Gasteiger partial charge in [-0.2, -0.15) is 0 Å². The van der Waals surface area contributed by atoms with Crippen molar-refractivity contribution in [3.05, 3.63) is 28.3 Å². The first-order chi connectivity index (χ1) is 14.0. The van der Waals surface area contributed by atoms with Crippen molar-refractivity contribution in [2.24, 2.45) is 0 Å². The second-order valence-electron chi connectivity index (χ2n) is 8.03. The van der Waals surface area contributed by atoms with Crippen molar-refractivity contribution in [2.75, 3.05) is 25.5 Å². The third-order valence-electron chi connectivity index (χ3n) is 5.20. The average molecular weight is 460 g/mol. The fourth-order valence-electron chi connectivity index (χ4n) is 3.53. The lowest BCUT2D eigenvalue weighted by Crippen LogP contribution is -2.47. The summed E-state index contributed by atoms with van der Waals surface area (Å²) in [4.78, 5) is 25.6. The lowest BCUT2D eigenvalue weighted by Gasteiger charge is -2.30. The van der Waals surface area contributed by atoms with E-state index in [1.807, 2.05) is 27.7 Å². The maximum Gasteiger partial charge on any atom is 0.409 e. The van der Waals surface area contributed by atoms with Crippen LogP contribution in [0.1, 0.15) is 63.5 Å². The molecule has 168 valence electrons. The Balaban J connectivity index is 2.15. The number of methoxy groups -OCH3 is 1. The number of piperidine rings is 1. The summed E-state index contributed by atoms with van der Waals surface area (Å²) in [7, 11) is -2.62. The van der Waals surface area contributed by atoms with E-state index in [0.29, 0.717) is 10.7 Å². The summed E-state index contributed by atoms with van der Waals surface area (Å²) in [6.07, 6.45) is -0.0259. The van der Waals surface area contributed by atoms with Crippen LogP contribution >= 0.6 is 11.6 Å². The van der Waals surface area contributed by atoms with Crippen LogP contribution in [-0.2, 0) is 14.8 Å². The van der Waals surface area contributed by atoms with Crippen LogP contribution in [0.15, 0.2) is 12.1 Å². The van der Waals surface area contributed by atoms with Gasteiger partial charge in [-0.1, -0.05) is 39.3 Å². The summed E-state index contributed by atoms with van der Waals surface area (Å²) in [5, 5.41) is 2.54. The highest BCUT2D eigenvalue weighted by molar-refractivity contribution is 7.90. The zero-order valence-corrected chi connectivity index (χ0v) is 19.6. The maximum atomic E-state index is 12.7. The van der Waals surface area contributed by atoms with Crippen molar-refractivity contribution in [3.8, 4) is 0 Å². The molecule has 0 spiro atoms. The number of nitrogens with one attached hydrogen (secondary N) is 2. The van der Waals surface area contributed by atoms with E-state index in [1.165, 1.54) is 12.0 Å². The lowest BCUT2D eigenvalue weighted by molar-refractivity contribution is 0.115. The van der Waals surface area contributed by atoms with E-state index in [-0.39, 0.29) is 37.8 Å². The highest BCUT2D eigenvalue weighted by atomic mass is 35.5. The van der Waals surface area contributed by atoms with E-state index in [4.69, 9.17) is 11.6 Å². The fraction of sp³-hybridized carbons (Fsp3) is 0.600. The second kappa shape index (κ2) is 9.87. The Morgan fingerprint density at radius 1 is 1.10 bits per heavy atom. The molecular formula is C20H30ClN3O5S. The summed E-state index contributed by atoms with van der Waals surface area (Å²) >= 11 is 6.24. The molecule has 1 aliphatic rings. The lowest BCUT2D eigenvalue weighted by atomic mass is 9.92. The molecule has 2 rings (SSSR count). The molecule has 0 unspecified atom stereocenters. The first-order valence-electron chi connectivity index (χ1n) is 9.95. The van der Waals surface area contributed by atoms with E-state index in [1.54, 1.807) is 12.1 Å². The van der Waals surface area contributed by atoms with Crippen molar-refractivity contribution in [1.82, 2.24) is 9.62 Å². The van der Waals surface area contributed by atoms with Crippen LogP contribution in [0.2, 0.25) is 5.02 Å². The summed E-state index contributed by atoms with van der Waals surface area (Å²) in [5.74, 6) is 0.159. The molecule has 0 saturated carbocycles.